The van der Waals surface area contributed by atoms with Crippen LogP contribution in [0.4, 0.5) is 4.39 Å². The summed E-state index contributed by atoms with van der Waals surface area (Å²) < 4.78 is 21.6. The predicted molar refractivity (Wildman–Crippen MR) is 121 cm³/mol. The molecule has 0 atom stereocenters. The third-order valence-electron chi connectivity index (χ3n) is 6.03. The normalized spacial score (nSPS) is 14.2. The summed E-state index contributed by atoms with van der Waals surface area (Å²) >= 11 is 0. The molecule has 8 nitrogen and oxygen atoms in total. The fourth-order valence-corrected chi connectivity index (χ4v) is 4.03. The van der Waals surface area contributed by atoms with Crippen LogP contribution < -0.4 is 4.74 Å². The second kappa shape index (κ2) is 9.38. The molecule has 0 N–H and O–H groups in total. The topological polar surface area (TPSA) is 87.3 Å². The molecule has 1 aromatic carbocycles. The van der Waals surface area contributed by atoms with Crippen LogP contribution in [0.5, 0.6) is 5.88 Å². The van der Waals surface area contributed by atoms with Crippen molar-refractivity contribution in [1.82, 2.24) is 24.6 Å². The fourth-order valence-electron chi connectivity index (χ4n) is 4.03. The minimum atomic E-state index is -0.564. The summed E-state index contributed by atoms with van der Waals surface area (Å²) in [6.45, 7) is 7.86. The van der Waals surface area contributed by atoms with Gasteiger partial charge in [0, 0.05) is 32.4 Å². The van der Waals surface area contributed by atoms with Gasteiger partial charge < -0.3 is 14.5 Å². The molecule has 33 heavy (non-hydrogen) atoms. The number of nitrogens with zero attached hydrogens (tertiary/aromatic N) is 6. The van der Waals surface area contributed by atoms with Crippen LogP contribution in [0.3, 0.4) is 0 Å². The van der Waals surface area contributed by atoms with Gasteiger partial charge in [0.15, 0.2) is 5.82 Å². The first kappa shape index (κ1) is 22.4. The van der Waals surface area contributed by atoms with E-state index in [9.17, 15) is 9.18 Å². The molecule has 1 aliphatic heterocycles. The maximum atomic E-state index is 14.5. The highest BCUT2D eigenvalue weighted by molar-refractivity contribution is 5.94. The Morgan fingerprint density at radius 1 is 1.15 bits per heavy atom. The number of nitriles is 1. The van der Waals surface area contributed by atoms with E-state index in [2.05, 4.69) is 21.9 Å². The van der Waals surface area contributed by atoms with Crippen molar-refractivity contribution >= 4 is 5.91 Å². The minimum Gasteiger partial charge on any atom is -0.480 e. The fraction of sp³-hybridized carbons (Fsp3) is 0.333. The van der Waals surface area contributed by atoms with Gasteiger partial charge in [0.25, 0.3) is 5.91 Å². The highest BCUT2D eigenvalue weighted by Gasteiger charge is 2.23. The van der Waals surface area contributed by atoms with Crippen LogP contribution in [0, 0.1) is 24.1 Å². The predicted octanol–water partition coefficient (Wildman–Crippen LogP) is 3.04. The van der Waals surface area contributed by atoms with Gasteiger partial charge in [-0.2, -0.15) is 15.0 Å². The third-order valence-corrected chi connectivity index (χ3v) is 6.03. The summed E-state index contributed by atoms with van der Waals surface area (Å²) in [6, 6.07) is 8.40. The standard InChI is InChI=1S/C24H25FN6O2/c1-4-29-9-11-30(12-10-29)23(32)18-6-8-21(27-14-18)31-24(33-3)20(15-28-31)19-7-5-17(13-26)22(25)16(19)2/h5-8,14-15H,4,9-12H2,1-3H3. The number of halogens is 1. The lowest BCUT2D eigenvalue weighted by Crippen LogP contribution is -2.48. The van der Waals surface area contributed by atoms with Gasteiger partial charge in [0.05, 0.1) is 30.0 Å². The number of carbonyl (C=O) groups is 1. The summed E-state index contributed by atoms with van der Waals surface area (Å²) in [4.78, 5) is 21.4. The molecule has 2 aromatic heterocycles. The molecule has 9 heteroatoms. The van der Waals surface area contributed by atoms with Crippen LogP contribution in [-0.4, -0.2) is 70.3 Å². The van der Waals surface area contributed by atoms with Gasteiger partial charge in [-0.25, -0.2) is 9.37 Å². The monoisotopic (exact) mass is 448 g/mol. The lowest BCUT2D eigenvalue weighted by molar-refractivity contribution is 0.0643. The van der Waals surface area contributed by atoms with E-state index in [-0.39, 0.29) is 11.5 Å². The molecule has 0 bridgehead atoms. The van der Waals surface area contributed by atoms with Gasteiger partial charge in [-0.1, -0.05) is 13.0 Å². The zero-order valence-corrected chi connectivity index (χ0v) is 18.9. The third kappa shape index (κ3) is 4.17. The highest BCUT2D eigenvalue weighted by atomic mass is 19.1. The Morgan fingerprint density at radius 2 is 1.91 bits per heavy atom. The second-order valence-electron chi connectivity index (χ2n) is 7.82. The van der Waals surface area contributed by atoms with Crippen LogP contribution in [0.2, 0.25) is 0 Å². The number of hydrogen-bond acceptors (Lipinski definition) is 6. The van der Waals surface area contributed by atoms with Crippen molar-refractivity contribution in [2.24, 2.45) is 0 Å². The molecular formula is C24H25FN6O2. The lowest BCUT2D eigenvalue weighted by Gasteiger charge is -2.34. The van der Waals surface area contributed by atoms with E-state index in [0.29, 0.717) is 47.0 Å². The maximum absolute atomic E-state index is 14.5. The molecule has 1 saturated heterocycles. The molecule has 1 fully saturated rings. The Labute approximate surface area is 191 Å². The SMILES string of the molecule is CCN1CCN(C(=O)c2ccc(-n3ncc(-c4ccc(C#N)c(F)c4C)c3OC)nc2)CC1. The molecule has 0 radical (unpaired) electrons. The highest BCUT2D eigenvalue weighted by Crippen LogP contribution is 2.35. The number of likely N-dealkylation sites (N-methyl/N-ethyl adjacent to an activating group) is 1. The Morgan fingerprint density at radius 3 is 2.52 bits per heavy atom. The van der Waals surface area contributed by atoms with Gasteiger partial charge in [0.1, 0.15) is 11.9 Å². The molecule has 170 valence electrons. The van der Waals surface area contributed by atoms with E-state index < -0.39 is 5.82 Å². The van der Waals surface area contributed by atoms with Gasteiger partial charge in [0.2, 0.25) is 5.88 Å². The van der Waals surface area contributed by atoms with Gasteiger partial charge in [-0.15, -0.1) is 0 Å². The molecule has 1 amide bonds. The Hall–Kier alpha value is -3.77. The van der Waals surface area contributed by atoms with Crippen molar-refractivity contribution in [3.8, 4) is 28.9 Å². The number of piperazine rings is 1. The van der Waals surface area contributed by atoms with Crippen molar-refractivity contribution in [3.05, 3.63) is 59.2 Å². The van der Waals surface area contributed by atoms with Crippen molar-refractivity contribution in [2.45, 2.75) is 13.8 Å². The van der Waals surface area contributed by atoms with E-state index in [0.717, 1.165) is 19.6 Å². The Kier molecular flexibility index (Phi) is 6.38. The first-order chi connectivity index (χ1) is 16.0. The number of benzene rings is 1. The summed E-state index contributed by atoms with van der Waals surface area (Å²) in [5.41, 5.74) is 1.99. The van der Waals surface area contributed by atoms with Crippen molar-refractivity contribution in [3.63, 3.8) is 0 Å². The summed E-state index contributed by atoms with van der Waals surface area (Å²) in [7, 11) is 1.50. The van der Waals surface area contributed by atoms with E-state index >= 15 is 0 Å². The quantitative estimate of drug-likeness (QED) is 0.596. The van der Waals surface area contributed by atoms with Crippen LogP contribution in [0.15, 0.2) is 36.7 Å². The molecule has 0 unspecified atom stereocenters. The smallest absolute Gasteiger partial charge is 0.255 e. The molecule has 1 aliphatic rings. The summed E-state index contributed by atoms with van der Waals surface area (Å²) in [5.74, 6) is 0.244. The van der Waals surface area contributed by atoms with Crippen molar-refractivity contribution in [1.29, 1.82) is 5.26 Å². The second-order valence-corrected chi connectivity index (χ2v) is 7.82. The van der Waals surface area contributed by atoms with E-state index in [1.165, 1.54) is 24.1 Å². The maximum Gasteiger partial charge on any atom is 0.255 e. The number of aromatic nitrogens is 3. The zero-order valence-electron chi connectivity index (χ0n) is 18.9. The molecule has 3 heterocycles. The summed E-state index contributed by atoms with van der Waals surface area (Å²) in [5, 5.41) is 13.4. The number of ether oxygens (including phenoxy) is 1. The van der Waals surface area contributed by atoms with Crippen LogP contribution in [0.1, 0.15) is 28.4 Å². The first-order valence-electron chi connectivity index (χ1n) is 10.8. The molecule has 4 rings (SSSR count). The van der Waals surface area contributed by atoms with Crippen molar-refractivity contribution < 1.29 is 13.9 Å². The van der Waals surface area contributed by atoms with Crippen LogP contribution in [-0.2, 0) is 0 Å². The van der Waals surface area contributed by atoms with E-state index in [1.807, 2.05) is 11.0 Å². The Balaban J connectivity index is 1.60. The number of methoxy groups -OCH3 is 1. The number of amides is 1. The largest absolute Gasteiger partial charge is 0.480 e. The zero-order chi connectivity index (χ0) is 23.5. The van der Waals surface area contributed by atoms with E-state index in [4.69, 9.17) is 10.00 Å². The first-order valence-corrected chi connectivity index (χ1v) is 10.8. The van der Waals surface area contributed by atoms with Gasteiger partial charge in [-0.05, 0) is 42.8 Å². The molecule has 0 saturated carbocycles. The van der Waals surface area contributed by atoms with E-state index in [1.54, 1.807) is 31.3 Å². The molecular weight excluding hydrogens is 423 g/mol. The number of carbonyl (C=O) groups excluding carboxylic acids is 1. The minimum absolute atomic E-state index is 0.0133. The van der Waals surface area contributed by atoms with Gasteiger partial charge in [-0.3, -0.25) is 4.79 Å². The number of rotatable bonds is 5. The molecule has 0 aliphatic carbocycles. The lowest BCUT2D eigenvalue weighted by atomic mass is 10.00. The average molecular weight is 449 g/mol. The van der Waals surface area contributed by atoms with Crippen LogP contribution in [0.25, 0.3) is 16.9 Å². The van der Waals surface area contributed by atoms with Crippen molar-refractivity contribution in [2.75, 3.05) is 39.8 Å². The summed E-state index contributed by atoms with van der Waals surface area (Å²) in [6.07, 6.45) is 3.11. The number of hydrogen-bond donors (Lipinski definition) is 0. The Bertz CT molecular complexity index is 1210. The molecule has 3 aromatic rings. The average Bonchev–Trinajstić information content (AvgIpc) is 3.29. The number of pyridine rings is 1. The van der Waals surface area contributed by atoms with Crippen LogP contribution >= 0.6 is 0 Å². The molecule has 0 spiro atoms. The van der Waals surface area contributed by atoms with Gasteiger partial charge >= 0.3 is 0 Å².